The molecule has 0 amide bonds. The number of aliphatic hydroxyl groups excluding tert-OH is 2. The van der Waals surface area contributed by atoms with Gasteiger partial charge in [0.15, 0.2) is 11.2 Å². The molecule has 0 aliphatic rings. The van der Waals surface area contributed by atoms with Crippen molar-refractivity contribution in [1.29, 1.82) is 0 Å². The lowest BCUT2D eigenvalue weighted by molar-refractivity contribution is 0.141. The van der Waals surface area contributed by atoms with Crippen molar-refractivity contribution in [3.63, 3.8) is 0 Å². The molecule has 0 aromatic carbocycles. The maximum atomic E-state index is 11.6. The van der Waals surface area contributed by atoms with Crippen molar-refractivity contribution in [2.24, 2.45) is 5.92 Å². The van der Waals surface area contributed by atoms with Crippen LogP contribution in [0.15, 0.2) is 11.1 Å². The first kappa shape index (κ1) is 13.5. The second kappa shape index (κ2) is 5.81. The number of nitrogens with zero attached hydrogens (tertiary/aromatic N) is 3. The molecular formula is C11H17N5O3. The van der Waals surface area contributed by atoms with Crippen molar-refractivity contribution in [2.75, 3.05) is 18.9 Å². The summed E-state index contributed by atoms with van der Waals surface area (Å²) in [7, 11) is 0. The van der Waals surface area contributed by atoms with Crippen molar-refractivity contribution in [1.82, 2.24) is 19.5 Å². The standard InChI is InChI=1S/C11H17N5O3/c12-11-14-9-8(10(19)15-11)13-6-16(9)3-1-2-7(4-17)5-18/h6-7,17-18H,1-5H2,(H3,12,14,15,19). The quantitative estimate of drug-likeness (QED) is 0.535. The maximum Gasteiger partial charge on any atom is 0.280 e. The number of rotatable bonds is 6. The number of anilines is 1. The van der Waals surface area contributed by atoms with Gasteiger partial charge in [-0.05, 0) is 12.8 Å². The highest BCUT2D eigenvalue weighted by molar-refractivity contribution is 5.70. The third-order valence-corrected chi connectivity index (χ3v) is 3.02. The van der Waals surface area contributed by atoms with Crippen molar-refractivity contribution >= 4 is 17.1 Å². The Morgan fingerprint density at radius 2 is 2.16 bits per heavy atom. The lowest BCUT2D eigenvalue weighted by Gasteiger charge is -2.10. The predicted octanol–water partition coefficient (Wildman–Crippen LogP) is -0.917. The first-order valence-corrected chi connectivity index (χ1v) is 6.08. The van der Waals surface area contributed by atoms with E-state index in [9.17, 15) is 4.79 Å². The molecule has 19 heavy (non-hydrogen) atoms. The van der Waals surface area contributed by atoms with E-state index >= 15 is 0 Å². The van der Waals surface area contributed by atoms with Gasteiger partial charge in [0, 0.05) is 25.7 Å². The molecule has 8 nitrogen and oxygen atoms in total. The highest BCUT2D eigenvalue weighted by atomic mass is 16.3. The molecule has 0 saturated carbocycles. The second-order valence-electron chi connectivity index (χ2n) is 4.43. The largest absolute Gasteiger partial charge is 0.396 e. The van der Waals surface area contributed by atoms with Gasteiger partial charge in [-0.25, -0.2) is 4.98 Å². The summed E-state index contributed by atoms with van der Waals surface area (Å²) in [6.45, 7) is 0.529. The summed E-state index contributed by atoms with van der Waals surface area (Å²) in [4.78, 5) is 22.0. The van der Waals surface area contributed by atoms with Crippen LogP contribution in [0.25, 0.3) is 11.2 Å². The van der Waals surface area contributed by atoms with Crippen LogP contribution in [0.2, 0.25) is 0 Å². The molecule has 8 heteroatoms. The van der Waals surface area contributed by atoms with Crippen molar-refractivity contribution in [3.8, 4) is 0 Å². The van der Waals surface area contributed by atoms with Gasteiger partial charge in [0.2, 0.25) is 5.95 Å². The fourth-order valence-corrected chi connectivity index (χ4v) is 1.93. The minimum Gasteiger partial charge on any atom is -0.396 e. The number of H-pyrrole nitrogens is 1. The normalized spacial score (nSPS) is 11.5. The number of aryl methyl sites for hydroxylation is 1. The van der Waals surface area contributed by atoms with Gasteiger partial charge in [0.25, 0.3) is 5.56 Å². The Balaban J connectivity index is 2.11. The lowest BCUT2D eigenvalue weighted by atomic mass is 10.1. The van der Waals surface area contributed by atoms with Crippen LogP contribution in [0.5, 0.6) is 0 Å². The number of fused-ring (bicyclic) bond motifs is 1. The van der Waals surface area contributed by atoms with Crippen molar-refractivity contribution in [2.45, 2.75) is 19.4 Å². The molecule has 0 aliphatic carbocycles. The maximum absolute atomic E-state index is 11.6. The fraction of sp³-hybridized carbons (Fsp3) is 0.545. The first-order chi connectivity index (χ1) is 9.15. The van der Waals surface area contributed by atoms with E-state index in [2.05, 4.69) is 15.0 Å². The molecule has 2 aromatic heterocycles. The molecule has 0 fully saturated rings. The zero-order chi connectivity index (χ0) is 13.8. The summed E-state index contributed by atoms with van der Waals surface area (Å²) in [5.41, 5.74) is 5.85. The first-order valence-electron chi connectivity index (χ1n) is 6.08. The number of nitrogens with two attached hydrogens (primary N) is 1. The zero-order valence-electron chi connectivity index (χ0n) is 10.4. The van der Waals surface area contributed by atoms with Gasteiger partial charge in [-0.3, -0.25) is 9.78 Å². The van der Waals surface area contributed by atoms with Gasteiger partial charge >= 0.3 is 0 Å². The summed E-state index contributed by atoms with van der Waals surface area (Å²) >= 11 is 0. The number of imidazole rings is 1. The lowest BCUT2D eigenvalue weighted by Crippen LogP contribution is -2.13. The molecule has 0 atom stereocenters. The Kier molecular flexibility index (Phi) is 4.13. The third-order valence-electron chi connectivity index (χ3n) is 3.02. The number of aliphatic hydroxyl groups is 2. The number of aromatic nitrogens is 4. The molecule has 5 N–H and O–H groups in total. The fourth-order valence-electron chi connectivity index (χ4n) is 1.93. The third kappa shape index (κ3) is 2.91. The van der Waals surface area contributed by atoms with Gasteiger partial charge in [-0.1, -0.05) is 0 Å². The average Bonchev–Trinajstić information content (AvgIpc) is 2.78. The molecule has 2 rings (SSSR count). The van der Waals surface area contributed by atoms with Gasteiger partial charge in [0.1, 0.15) is 0 Å². The van der Waals surface area contributed by atoms with E-state index in [1.807, 2.05) is 0 Å². The predicted molar refractivity (Wildman–Crippen MR) is 69.5 cm³/mol. The number of hydrogen-bond acceptors (Lipinski definition) is 6. The Bertz CT molecular complexity index is 602. The molecule has 0 saturated heterocycles. The van der Waals surface area contributed by atoms with Gasteiger partial charge in [-0.2, -0.15) is 4.98 Å². The summed E-state index contributed by atoms with van der Waals surface area (Å²) in [5.74, 6) is -0.0564. The molecule has 0 unspecified atom stereocenters. The Labute approximate surface area is 108 Å². The van der Waals surface area contributed by atoms with Crippen LogP contribution in [0, 0.1) is 5.92 Å². The minimum absolute atomic E-state index is 0.0357. The molecule has 0 aliphatic heterocycles. The van der Waals surface area contributed by atoms with Crippen LogP contribution in [-0.4, -0.2) is 42.9 Å². The molecule has 0 bridgehead atoms. The number of nitrogens with one attached hydrogen (secondary N) is 1. The topological polar surface area (TPSA) is 130 Å². The second-order valence-corrected chi connectivity index (χ2v) is 4.43. The van der Waals surface area contributed by atoms with E-state index in [-0.39, 0.29) is 36.2 Å². The zero-order valence-corrected chi connectivity index (χ0v) is 10.4. The van der Waals surface area contributed by atoms with E-state index in [0.717, 1.165) is 6.42 Å². The monoisotopic (exact) mass is 267 g/mol. The Hall–Kier alpha value is -1.93. The molecular weight excluding hydrogens is 250 g/mol. The summed E-state index contributed by atoms with van der Waals surface area (Å²) in [5, 5.41) is 17.9. The van der Waals surface area contributed by atoms with E-state index in [1.165, 1.54) is 0 Å². The molecule has 0 spiro atoms. The number of aromatic amines is 1. The van der Waals surface area contributed by atoms with Crippen LogP contribution in [0.3, 0.4) is 0 Å². The van der Waals surface area contributed by atoms with Gasteiger partial charge < -0.3 is 20.5 Å². The smallest absolute Gasteiger partial charge is 0.280 e. The van der Waals surface area contributed by atoms with Crippen LogP contribution in [0.4, 0.5) is 5.95 Å². The minimum atomic E-state index is -0.357. The van der Waals surface area contributed by atoms with Crippen molar-refractivity contribution in [3.05, 3.63) is 16.7 Å². The molecule has 2 heterocycles. The van der Waals surface area contributed by atoms with Crippen LogP contribution >= 0.6 is 0 Å². The van der Waals surface area contributed by atoms with Crippen molar-refractivity contribution < 1.29 is 10.2 Å². The number of hydrogen-bond donors (Lipinski definition) is 4. The number of nitrogen functional groups attached to an aromatic ring is 1. The Morgan fingerprint density at radius 3 is 2.84 bits per heavy atom. The van der Waals surface area contributed by atoms with Gasteiger partial charge in [-0.15, -0.1) is 0 Å². The summed E-state index contributed by atoms with van der Waals surface area (Å²) < 4.78 is 1.74. The van der Waals surface area contributed by atoms with Crippen LogP contribution in [0.1, 0.15) is 12.8 Å². The highest BCUT2D eigenvalue weighted by Gasteiger charge is 2.10. The summed E-state index contributed by atoms with van der Waals surface area (Å²) in [6.07, 6.45) is 2.97. The Morgan fingerprint density at radius 1 is 1.42 bits per heavy atom. The van der Waals surface area contributed by atoms with Gasteiger partial charge in [0.05, 0.1) is 6.33 Å². The average molecular weight is 267 g/mol. The van der Waals surface area contributed by atoms with Crippen LogP contribution in [-0.2, 0) is 6.54 Å². The SMILES string of the molecule is Nc1nc2c(ncn2CCCC(CO)CO)c(=O)[nH]1. The van der Waals surface area contributed by atoms with E-state index < -0.39 is 0 Å². The van der Waals surface area contributed by atoms with Crippen LogP contribution < -0.4 is 11.3 Å². The molecule has 104 valence electrons. The molecule has 0 radical (unpaired) electrons. The van der Waals surface area contributed by atoms with E-state index in [4.69, 9.17) is 15.9 Å². The summed E-state index contributed by atoms with van der Waals surface area (Å²) in [6, 6.07) is 0. The van der Waals surface area contributed by atoms with E-state index in [1.54, 1.807) is 10.9 Å². The van der Waals surface area contributed by atoms with E-state index in [0.29, 0.717) is 18.6 Å². The molecule has 2 aromatic rings. The highest BCUT2D eigenvalue weighted by Crippen LogP contribution is 2.10.